The summed E-state index contributed by atoms with van der Waals surface area (Å²) in [6.45, 7) is 7.45. The fourth-order valence-corrected chi connectivity index (χ4v) is 2.96. The average Bonchev–Trinajstić information content (AvgIpc) is 2.50. The van der Waals surface area contributed by atoms with Crippen molar-refractivity contribution in [3.05, 3.63) is 29.8 Å². The molecule has 0 saturated carbocycles. The smallest absolute Gasteiger partial charge is 0.252 e. The third-order valence-electron chi connectivity index (χ3n) is 3.05. The number of sulfone groups is 1. The van der Waals surface area contributed by atoms with Crippen LogP contribution in [0.5, 0.6) is 0 Å². The van der Waals surface area contributed by atoms with Crippen LogP contribution in [0.1, 0.15) is 37.6 Å². The quantitative estimate of drug-likeness (QED) is 0.706. The van der Waals surface area contributed by atoms with Gasteiger partial charge in [-0.1, -0.05) is 32.9 Å². The summed E-state index contributed by atoms with van der Waals surface area (Å²) >= 11 is 0. The molecule has 0 fully saturated rings. The number of carbonyl (C=O) groups excluding carboxylic acids is 1. The van der Waals surface area contributed by atoms with E-state index in [0.29, 0.717) is 32.1 Å². The molecule has 124 valence electrons. The first-order chi connectivity index (χ1) is 10.4. The van der Waals surface area contributed by atoms with Gasteiger partial charge in [-0.3, -0.25) is 4.79 Å². The van der Waals surface area contributed by atoms with Crippen LogP contribution in [0, 0.1) is 5.92 Å². The highest BCUT2D eigenvalue weighted by molar-refractivity contribution is 7.91. The van der Waals surface area contributed by atoms with E-state index in [4.69, 9.17) is 4.74 Å². The monoisotopic (exact) mass is 327 g/mol. The number of hydrogen-bond donors (Lipinski definition) is 1. The van der Waals surface area contributed by atoms with Gasteiger partial charge in [-0.25, -0.2) is 8.42 Å². The minimum Gasteiger partial charge on any atom is -0.381 e. The lowest BCUT2D eigenvalue weighted by Gasteiger charge is -2.10. The summed E-state index contributed by atoms with van der Waals surface area (Å²) in [5, 5.41) is 2.74. The second kappa shape index (κ2) is 8.90. The first kappa shape index (κ1) is 18.6. The van der Waals surface area contributed by atoms with Crippen LogP contribution in [-0.2, 0) is 14.6 Å². The van der Waals surface area contributed by atoms with E-state index in [1.54, 1.807) is 19.1 Å². The van der Waals surface area contributed by atoms with E-state index in [0.717, 1.165) is 0 Å². The highest BCUT2D eigenvalue weighted by Crippen LogP contribution is 2.16. The molecule has 1 aromatic carbocycles. The zero-order valence-electron chi connectivity index (χ0n) is 13.5. The van der Waals surface area contributed by atoms with Crippen molar-refractivity contribution in [1.29, 1.82) is 0 Å². The second-order valence-electron chi connectivity index (χ2n) is 5.48. The fraction of sp³-hybridized carbons (Fsp3) is 0.562. The van der Waals surface area contributed by atoms with E-state index in [1.807, 2.05) is 0 Å². The largest absolute Gasteiger partial charge is 0.381 e. The Kier molecular flexibility index (Phi) is 7.55. The second-order valence-corrected chi connectivity index (χ2v) is 7.72. The Balaban J connectivity index is 2.57. The molecule has 1 rings (SSSR count). The maximum absolute atomic E-state index is 12.2. The number of nitrogens with one attached hydrogen (secondary N) is 1. The summed E-state index contributed by atoms with van der Waals surface area (Å²) in [6.07, 6.45) is 0.696. The summed E-state index contributed by atoms with van der Waals surface area (Å²) in [5.41, 5.74) is 0.201. The summed E-state index contributed by atoms with van der Waals surface area (Å²) in [6, 6.07) is 6.29. The molecule has 0 radical (unpaired) electrons. The normalized spacial score (nSPS) is 11.6. The molecule has 0 saturated heterocycles. The minimum atomic E-state index is -3.41. The van der Waals surface area contributed by atoms with Crippen molar-refractivity contribution in [2.24, 2.45) is 5.92 Å². The van der Waals surface area contributed by atoms with Crippen molar-refractivity contribution < 1.29 is 17.9 Å². The molecule has 6 heteroatoms. The van der Waals surface area contributed by atoms with Crippen LogP contribution >= 0.6 is 0 Å². The first-order valence-electron chi connectivity index (χ1n) is 7.56. The van der Waals surface area contributed by atoms with E-state index < -0.39 is 9.84 Å². The molecule has 1 N–H and O–H groups in total. The van der Waals surface area contributed by atoms with Gasteiger partial charge in [-0.05, 0) is 24.5 Å². The Morgan fingerprint density at radius 2 is 1.95 bits per heavy atom. The van der Waals surface area contributed by atoms with Crippen molar-refractivity contribution in [2.75, 3.05) is 25.5 Å². The molecule has 1 amide bonds. The lowest BCUT2D eigenvalue weighted by molar-refractivity contribution is 0.0922. The Labute approximate surface area is 133 Å². The van der Waals surface area contributed by atoms with E-state index in [9.17, 15) is 13.2 Å². The van der Waals surface area contributed by atoms with Crippen LogP contribution in [0.25, 0.3) is 0 Å². The zero-order chi connectivity index (χ0) is 16.6. The summed E-state index contributed by atoms with van der Waals surface area (Å²) in [7, 11) is -3.41. The molecule has 0 aliphatic carbocycles. The predicted molar refractivity (Wildman–Crippen MR) is 86.8 cm³/mol. The van der Waals surface area contributed by atoms with Crippen molar-refractivity contribution in [2.45, 2.75) is 32.1 Å². The SMILES string of the molecule is CCS(=O)(=O)c1ccccc1C(=O)NCCCOCC(C)C. The van der Waals surface area contributed by atoms with Crippen molar-refractivity contribution in [3.63, 3.8) is 0 Å². The van der Waals surface area contributed by atoms with Crippen LogP contribution in [0.2, 0.25) is 0 Å². The van der Waals surface area contributed by atoms with Gasteiger partial charge in [0.25, 0.3) is 5.91 Å². The van der Waals surface area contributed by atoms with Crippen LogP contribution in [0.15, 0.2) is 29.2 Å². The van der Waals surface area contributed by atoms with Gasteiger partial charge < -0.3 is 10.1 Å². The summed E-state index contributed by atoms with van der Waals surface area (Å²) < 4.78 is 29.4. The molecule has 0 aromatic heterocycles. The van der Waals surface area contributed by atoms with Gasteiger partial charge in [0.1, 0.15) is 0 Å². The van der Waals surface area contributed by atoms with Crippen LogP contribution < -0.4 is 5.32 Å². The molecule has 0 atom stereocenters. The van der Waals surface area contributed by atoms with Crippen LogP contribution in [0.4, 0.5) is 0 Å². The van der Waals surface area contributed by atoms with Gasteiger partial charge in [-0.15, -0.1) is 0 Å². The molecule has 1 aromatic rings. The molecule has 0 unspecified atom stereocenters. The number of carbonyl (C=O) groups is 1. The number of hydrogen-bond acceptors (Lipinski definition) is 4. The van der Waals surface area contributed by atoms with Gasteiger partial charge in [0.2, 0.25) is 0 Å². The molecule has 22 heavy (non-hydrogen) atoms. The van der Waals surface area contributed by atoms with Gasteiger partial charge in [0, 0.05) is 19.8 Å². The fourth-order valence-electron chi connectivity index (χ4n) is 1.87. The number of benzene rings is 1. The summed E-state index contributed by atoms with van der Waals surface area (Å²) in [5.74, 6) is 0.0950. The maximum atomic E-state index is 12.2. The molecule has 0 heterocycles. The molecule has 0 bridgehead atoms. The third kappa shape index (κ3) is 5.77. The van der Waals surface area contributed by atoms with Crippen LogP contribution in [0.3, 0.4) is 0 Å². The van der Waals surface area contributed by atoms with Crippen LogP contribution in [-0.4, -0.2) is 39.8 Å². The number of ether oxygens (including phenoxy) is 1. The lowest BCUT2D eigenvalue weighted by atomic mass is 10.2. The van der Waals surface area contributed by atoms with E-state index >= 15 is 0 Å². The molecular formula is C16H25NO4S. The standard InChI is InChI=1S/C16H25NO4S/c1-4-22(19,20)15-9-6-5-8-14(15)16(18)17-10-7-11-21-12-13(2)3/h5-6,8-9,13H,4,7,10-12H2,1-3H3,(H,17,18). The van der Waals surface area contributed by atoms with Gasteiger partial charge >= 0.3 is 0 Å². The van der Waals surface area contributed by atoms with Crippen molar-refractivity contribution in [3.8, 4) is 0 Å². The maximum Gasteiger partial charge on any atom is 0.252 e. The summed E-state index contributed by atoms with van der Waals surface area (Å²) in [4.78, 5) is 12.2. The third-order valence-corrected chi connectivity index (χ3v) is 4.84. The van der Waals surface area contributed by atoms with E-state index in [-0.39, 0.29) is 22.1 Å². The van der Waals surface area contributed by atoms with Gasteiger partial charge in [-0.2, -0.15) is 0 Å². The Morgan fingerprint density at radius 1 is 1.27 bits per heavy atom. The highest BCUT2D eigenvalue weighted by atomic mass is 32.2. The van der Waals surface area contributed by atoms with Gasteiger partial charge in [0.15, 0.2) is 9.84 Å². The first-order valence-corrected chi connectivity index (χ1v) is 9.21. The lowest BCUT2D eigenvalue weighted by Crippen LogP contribution is -2.27. The molecular weight excluding hydrogens is 302 g/mol. The Morgan fingerprint density at radius 3 is 2.59 bits per heavy atom. The molecule has 0 aliphatic rings. The zero-order valence-corrected chi connectivity index (χ0v) is 14.3. The van der Waals surface area contributed by atoms with Crippen molar-refractivity contribution in [1.82, 2.24) is 5.32 Å². The minimum absolute atomic E-state index is 0.0274. The molecule has 0 spiro atoms. The van der Waals surface area contributed by atoms with Gasteiger partial charge in [0.05, 0.1) is 16.2 Å². The average molecular weight is 327 g/mol. The Bertz CT molecular complexity index is 582. The van der Waals surface area contributed by atoms with Crippen molar-refractivity contribution >= 4 is 15.7 Å². The topological polar surface area (TPSA) is 72.5 Å². The molecule has 0 aliphatic heterocycles. The highest BCUT2D eigenvalue weighted by Gasteiger charge is 2.20. The molecule has 5 nitrogen and oxygen atoms in total. The number of amides is 1. The predicted octanol–water partition coefficient (Wildman–Crippen LogP) is 2.27. The Hall–Kier alpha value is -1.40. The van der Waals surface area contributed by atoms with E-state index in [2.05, 4.69) is 19.2 Å². The van der Waals surface area contributed by atoms with E-state index in [1.165, 1.54) is 12.1 Å². The number of rotatable bonds is 9.